The molecule has 2 aromatic heterocycles. The molecule has 0 N–H and O–H groups in total. The van der Waals surface area contributed by atoms with Crippen LogP contribution in [0.4, 0.5) is 0 Å². The summed E-state index contributed by atoms with van der Waals surface area (Å²) >= 11 is 0. The van der Waals surface area contributed by atoms with E-state index >= 15 is 0 Å². The summed E-state index contributed by atoms with van der Waals surface area (Å²) in [5.41, 5.74) is 4.83. The topological polar surface area (TPSA) is 47.9 Å². The maximum absolute atomic E-state index is 6.15. The second-order valence-corrected chi connectivity index (χ2v) is 5.88. The molecule has 21 heavy (non-hydrogen) atoms. The fourth-order valence-corrected chi connectivity index (χ4v) is 2.73. The van der Waals surface area contributed by atoms with E-state index in [1.54, 1.807) is 6.20 Å². The number of ether oxygens (including phenoxy) is 1. The number of nitrogens with zero attached hydrogens (tertiary/aromatic N) is 3. The van der Waals surface area contributed by atoms with Crippen molar-refractivity contribution in [1.29, 1.82) is 0 Å². The highest BCUT2D eigenvalue weighted by atomic mass is 16.5. The lowest BCUT2D eigenvalue weighted by Gasteiger charge is -2.33. The van der Waals surface area contributed by atoms with Gasteiger partial charge < -0.3 is 4.74 Å². The Morgan fingerprint density at radius 3 is 2.81 bits per heavy atom. The van der Waals surface area contributed by atoms with Crippen molar-refractivity contribution in [2.75, 3.05) is 0 Å². The number of aromatic nitrogens is 3. The van der Waals surface area contributed by atoms with Crippen LogP contribution in [0.5, 0.6) is 5.75 Å². The molecule has 0 atom stereocenters. The molecule has 4 heteroatoms. The van der Waals surface area contributed by atoms with Crippen LogP contribution in [-0.2, 0) is 5.60 Å². The Hall–Kier alpha value is -2.49. The first-order chi connectivity index (χ1) is 10.0. The van der Waals surface area contributed by atoms with E-state index in [-0.39, 0.29) is 0 Å². The van der Waals surface area contributed by atoms with Crippen molar-refractivity contribution in [3.05, 3.63) is 47.8 Å². The third-order valence-corrected chi connectivity index (χ3v) is 3.77. The summed E-state index contributed by atoms with van der Waals surface area (Å²) in [6.07, 6.45) is 1.74. The third kappa shape index (κ3) is 1.79. The van der Waals surface area contributed by atoms with Gasteiger partial charge in [0.05, 0.1) is 0 Å². The number of hydrogen-bond donors (Lipinski definition) is 0. The summed E-state index contributed by atoms with van der Waals surface area (Å²) < 4.78 is 6.15. The molecule has 0 fully saturated rings. The van der Waals surface area contributed by atoms with Gasteiger partial charge in [0.15, 0.2) is 5.65 Å². The van der Waals surface area contributed by atoms with E-state index in [1.807, 2.05) is 38.1 Å². The van der Waals surface area contributed by atoms with Gasteiger partial charge in [-0.15, -0.1) is 0 Å². The van der Waals surface area contributed by atoms with Crippen LogP contribution >= 0.6 is 0 Å². The standard InChI is InChI=1S/C17H15N3O/c1-10-6-7-11-13(9-10)21-17(2,3)15-14(11)20-16-12(19-15)5-4-8-18-16/h4-9H,1-3H3. The van der Waals surface area contributed by atoms with E-state index in [2.05, 4.69) is 18.0 Å². The monoisotopic (exact) mass is 277 g/mol. The number of rotatable bonds is 0. The van der Waals surface area contributed by atoms with Crippen LogP contribution in [-0.4, -0.2) is 15.0 Å². The van der Waals surface area contributed by atoms with Gasteiger partial charge in [0, 0.05) is 11.8 Å². The van der Waals surface area contributed by atoms with Gasteiger partial charge in [0.25, 0.3) is 0 Å². The lowest BCUT2D eigenvalue weighted by molar-refractivity contribution is 0.100. The van der Waals surface area contributed by atoms with Gasteiger partial charge in [-0.05, 0) is 50.6 Å². The molecule has 0 saturated heterocycles. The summed E-state index contributed by atoms with van der Waals surface area (Å²) in [7, 11) is 0. The zero-order chi connectivity index (χ0) is 14.6. The van der Waals surface area contributed by atoms with Gasteiger partial charge in [-0.25, -0.2) is 15.0 Å². The quantitative estimate of drug-likeness (QED) is 0.629. The van der Waals surface area contributed by atoms with Gasteiger partial charge in [0.2, 0.25) is 0 Å². The molecule has 3 aromatic rings. The fourth-order valence-electron chi connectivity index (χ4n) is 2.73. The Morgan fingerprint density at radius 2 is 1.95 bits per heavy atom. The van der Waals surface area contributed by atoms with Gasteiger partial charge in [-0.1, -0.05) is 6.07 Å². The maximum atomic E-state index is 6.15. The van der Waals surface area contributed by atoms with Crippen molar-refractivity contribution in [1.82, 2.24) is 15.0 Å². The molecule has 0 saturated carbocycles. The highest BCUT2D eigenvalue weighted by Gasteiger charge is 2.35. The number of aryl methyl sites for hydroxylation is 1. The van der Waals surface area contributed by atoms with Gasteiger partial charge in [-0.2, -0.15) is 0 Å². The number of fused-ring (bicyclic) bond motifs is 4. The molecule has 0 radical (unpaired) electrons. The largest absolute Gasteiger partial charge is 0.481 e. The van der Waals surface area contributed by atoms with Crippen LogP contribution < -0.4 is 4.74 Å². The molecule has 1 aromatic carbocycles. The minimum atomic E-state index is -0.507. The van der Waals surface area contributed by atoms with E-state index in [9.17, 15) is 0 Å². The molecule has 0 amide bonds. The van der Waals surface area contributed by atoms with Crippen molar-refractivity contribution in [2.24, 2.45) is 0 Å². The summed E-state index contributed by atoms with van der Waals surface area (Å²) in [5, 5.41) is 0. The molecular weight excluding hydrogens is 262 g/mol. The van der Waals surface area contributed by atoms with Crippen LogP contribution in [0.2, 0.25) is 0 Å². The molecule has 0 spiro atoms. The van der Waals surface area contributed by atoms with Crippen molar-refractivity contribution in [3.8, 4) is 17.0 Å². The van der Waals surface area contributed by atoms with Crippen LogP contribution in [0.1, 0.15) is 25.1 Å². The molecule has 1 aliphatic rings. The summed E-state index contributed by atoms with van der Waals surface area (Å²) in [6.45, 7) is 6.10. The minimum Gasteiger partial charge on any atom is -0.481 e. The Kier molecular flexibility index (Phi) is 2.34. The van der Waals surface area contributed by atoms with Gasteiger partial charge in [-0.3, -0.25) is 0 Å². The predicted molar refractivity (Wildman–Crippen MR) is 81.2 cm³/mol. The number of benzene rings is 1. The molecule has 0 unspecified atom stereocenters. The first-order valence-corrected chi connectivity index (χ1v) is 6.98. The third-order valence-electron chi connectivity index (χ3n) is 3.77. The molecule has 0 aliphatic carbocycles. The Balaban J connectivity index is 2.09. The average molecular weight is 277 g/mol. The Labute approximate surface area is 122 Å². The molecule has 0 bridgehead atoms. The zero-order valence-electron chi connectivity index (χ0n) is 12.2. The molecule has 3 heterocycles. The summed E-state index contributed by atoms with van der Waals surface area (Å²) in [5.74, 6) is 0.858. The van der Waals surface area contributed by atoms with Crippen molar-refractivity contribution < 1.29 is 4.74 Å². The molecule has 1 aliphatic heterocycles. The van der Waals surface area contributed by atoms with Crippen molar-refractivity contribution in [2.45, 2.75) is 26.4 Å². The predicted octanol–water partition coefficient (Wildman–Crippen LogP) is 3.63. The van der Waals surface area contributed by atoms with E-state index in [0.29, 0.717) is 5.65 Å². The Bertz CT molecular complexity index is 871. The van der Waals surface area contributed by atoms with E-state index in [1.165, 1.54) is 5.56 Å². The summed E-state index contributed by atoms with van der Waals surface area (Å²) in [6, 6.07) is 9.95. The second kappa shape index (κ2) is 4.01. The zero-order valence-corrected chi connectivity index (χ0v) is 12.2. The number of hydrogen-bond acceptors (Lipinski definition) is 4. The van der Waals surface area contributed by atoms with Gasteiger partial charge in [0.1, 0.15) is 28.3 Å². The number of pyridine rings is 1. The highest BCUT2D eigenvalue weighted by molar-refractivity contribution is 5.79. The fraction of sp³-hybridized carbons (Fsp3) is 0.235. The summed E-state index contributed by atoms with van der Waals surface area (Å²) in [4.78, 5) is 13.8. The lowest BCUT2D eigenvalue weighted by atomic mass is 9.93. The second-order valence-electron chi connectivity index (χ2n) is 5.88. The smallest absolute Gasteiger partial charge is 0.178 e. The first kappa shape index (κ1) is 12.3. The van der Waals surface area contributed by atoms with Crippen molar-refractivity contribution >= 4 is 11.2 Å². The van der Waals surface area contributed by atoms with Gasteiger partial charge >= 0.3 is 0 Å². The lowest BCUT2D eigenvalue weighted by Crippen LogP contribution is -2.31. The van der Waals surface area contributed by atoms with Crippen LogP contribution in [0, 0.1) is 6.92 Å². The van der Waals surface area contributed by atoms with E-state index in [0.717, 1.165) is 28.2 Å². The SMILES string of the molecule is Cc1ccc2c(c1)OC(C)(C)c1nc3cccnc3nc1-2. The average Bonchev–Trinajstić information content (AvgIpc) is 2.45. The van der Waals surface area contributed by atoms with E-state index in [4.69, 9.17) is 14.7 Å². The van der Waals surface area contributed by atoms with Crippen LogP contribution in [0.25, 0.3) is 22.4 Å². The molecule has 104 valence electrons. The van der Waals surface area contributed by atoms with Crippen LogP contribution in [0.3, 0.4) is 0 Å². The highest BCUT2D eigenvalue weighted by Crippen LogP contribution is 2.43. The van der Waals surface area contributed by atoms with Crippen molar-refractivity contribution in [3.63, 3.8) is 0 Å². The van der Waals surface area contributed by atoms with E-state index < -0.39 is 5.60 Å². The van der Waals surface area contributed by atoms with Crippen LogP contribution in [0.15, 0.2) is 36.5 Å². The molecule has 4 nitrogen and oxygen atoms in total. The molecular formula is C17H15N3O. The maximum Gasteiger partial charge on any atom is 0.178 e. The molecule has 4 rings (SSSR count). The first-order valence-electron chi connectivity index (χ1n) is 6.98. The Morgan fingerprint density at radius 1 is 1.10 bits per heavy atom. The normalized spacial score (nSPS) is 15.2. The minimum absolute atomic E-state index is 0.507.